The van der Waals surface area contributed by atoms with Crippen molar-refractivity contribution in [1.29, 1.82) is 0 Å². The molecule has 3 aromatic rings. The molecule has 2 aromatic heterocycles. The van der Waals surface area contributed by atoms with Crippen LogP contribution in [0.5, 0.6) is 0 Å². The summed E-state index contributed by atoms with van der Waals surface area (Å²) in [7, 11) is 0. The summed E-state index contributed by atoms with van der Waals surface area (Å²) in [6.45, 7) is 0. The molecule has 6 heteroatoms. The zero-order valence-corrected chi connectivity index (χ0v) is 9.63. The molecule has 0 aliphatic rings. The highest BCUT2D eigenvalue weighted by Gasteiger charge is 2.12. The Labute approximate surface area is 106 Å². The highest BCUT2D eigenvalue weighted by molar-refractivity contribution is 5.78. The Bertz CT molecular complexity index is 868. The maximum absolute atomic E-state index is 13.7. The van der Waals surface area contributed by atoms with Gasteiger partial charge in [0.05, 0.1) is 10.9 Å². The summed E-state index contributed by atoms with van der Waals surface area (Å²) in [6, 6.07) is 8.88. The number of nitrogens with one attached hydrogen (secondary N) is 1. The number of rotatable bonds is 1. The molecular formula is C13H8FN3O2. The van der Waals surface area contributed by atoms with Crippen molar-refractivity contribution in [2.45, 2.75) is 0 Å². The van der Waals surface area contributed by atoms with E-state index in [0.29, 0.717) is 0 Å². The van der Waals surface area contributed by atoms with Gasteiger partial charge < -0.3 is 4.98 Å². The summed E-state index contributed by atoms with van der Waals surface area (Å²) in [5, 5.41) is -0.159. The zero-order chi connectivity index (χ0) is 13.4. The molecule has 94 valence electrons. The fourth-order valence-electron chi connectivity index (χ4n) is 1.91. The van der Waals surface area contributed by atoms with E-state index in [0.717, 1.165) is 4.57 Å². The van der Waals surface area contributed by atoms with E-state index in [1.54, 1.807) is 12.1 Å². The molecular weight excluding hydrogens is 249 g/mol. The Kier molecular flexibility index (Phi) is 2.49. The molecule has 3 rings (SSSR count). The highest BCUT2D eigenvalue weighted by atomic mass is 19.1. The van der Waals surface area contributed by atoms with Gasteiger partial charge >= 0.3 is 5.69 Å². The number of halogens is 1. The molecule has 0 radical (unpaired) electrons. The average Bonchev–Trinajstić information content (AvgIpc) is 2.39. The van der Waals surface area contributed by atoms with Crippen LogP contribution in [0.2, 0.25) is 0 Å². The molecule has 0 spiro atoms. The van der Waals surface area contributed by atoms with Crippen LogP contribution in [0.4, 0.5) is 4.39 Å². The number of aromatic nitrogens is 3. The van der Waals surface area contributed by atoms with Gasteiger partial charge in [0.15, 0.2) is 0 Å². The summed E-state index contributed by atoms with van der Waals surface area (Å²) in [5.41, 5.74) is -1.21. The van der Waals surface area contributed by atoms with Gasteiger partial charge in [0, 0.05) is 6.20 Å². The van der Waals surface area contributed by atoms with E-state index in [1.165, 1.54) is 30.5 Å². The first-order chi connectivity index (χ1) is 9.18. The Morgan fingerprint density at radius 2 is 1.95 bits per heavy atom. The van der Waals surface area contributed by atoms with E-state index in [4.69, 9.17) is 0 Å². The van der Waals surface area contributed by atoms with Crippen LogP contribution in [0, 0.1) is 5.82 Å². The van der Waals surface area contributed by atoms with Gasteiger partial charge in [-0.05, 0) is 24.3 Å². The lowest BCUT2D eigenvalue weighted by molar-refractivity contribution is 0.636. The predicted molar refractivity (Wildman–Crippen MR) is 67.9 cm³/mol. The van der Waals surface area contributed by atoms with Crippen molar-refractivity contribution in [3.05, 3.63) is 69.3 Å². The quantitative estimate of drug-likeness (QED) is 0.712. The SMILES string of the molecule is O=c1[nH]c2cccc(F)c2c(=O)n1-c1ccccn1. The van der Waals surface area contributed by atoms with Crippen LogP contribution in [0.3, 0.4) is 0 Å². The lowest BCUT2D eigenvalue weighted by Crippen LogP contribution is -2.34. The normalized spacial score (nSPS) is 10.8. The molecule has 0 saturated heterocycles. The maximum Gasteiger partial charge on any atom is 0.334 e. The molecule has 0 aliphatic carbocycles. The van der Waals surface area contributed by atoms with Gasteiger partial charge in [0.1, 0.15) is 11.6 Å². The lowest BCUT2D eigenvalue weighted by atomic mass is 10.2. The minimum Gasteiger partial charge on any atom is -0.306 e. The van der Waals surface area contributed by atoms with Crippen molar-refractivity contribution in [3.8, 4) is 5.82 Å². The minimum atomic E-state index is -0.726. The molecule has 0 unspecified atom stereocenters. The average molecular weight is 257 g/mol. The molecule has 0 fully saturated rings. The van der Waals surface area contributed by atoms with Crippen LogP contribution >= 0.6 is 0 Å². The Morgan fingerprint density at radius 1 is 1.11 bits per heavy atom. The molecule has 5 nitrogen and oxygen atoms in total. The van der Waals surface area contributed by atoms with E-state index < -0.39 is 17.1 Å². The number of benzene rings is 1. The first kappa shape index (κ1) is 11.3. The van der Waals surface area contributed by atoms with E-state index in [-0.39, 0.29) is 16.7 Å². The second-order valence-corrected chi connectivity index (χ2v) is 3.92. The largest absolute Gasteiger partial charge is 0.334 e. The fraction of sp³-hybridized carbons (Fsp3) is 0. The number of pyridine rings is 1. The third-order valence-electron chi connectivity index (χ3n) is 2.75. The van der Waals surface area contributed by atoms with Gasteiger partial charge in [0.25, 0.3) is 5.56 Å². The Hall–Kier alpha value is -2.76. The number of fused-ring (bicyclic) bond motifs is 1. The molecule has 0 bridgehead atoms. The van der Waals surface area contributed by atoms with Crippen LogP contribution in [0.25, 0.3) is 16.7 Å². The molecule has 2 heterocycles. The first-order valence-electron chi connectivity index (χ1n) is 5.53. The second-order valence-electron chi connectivity index (χ2n) is 3.92. The Morgan fingerprint density at radius 3 is 2.68 bits per heavy atom. The van der Waals surface area contributed by atoms with E-state index in [2.05, 4.69) is 9.97 Å². The summed E-state index contributed by atoms with van der Waals surface area (Å²) < 4.78 is 14.5. The molecule has 1 N–H and O–H groups in total. The second kappa shape index (κ2) is 4.16. The summed E-state index contributed by atoms with van der Waals surface area (Å²) in [6.07, 6.45) is 1.45. The van der Waals surface area contributed by atoms with Gasteiger partial charge in [-0.25, -0.2) is 18.7 Å². The number of aromatic amines is 1. The molecule has 19 heavy (non-hydrogen) atoms. The highest BCUT2D eigenvalue weighted by Crippen LogP contribution is 2.10. The number of hydrogen-bond acceptors (Lipinski definition) is 3. The van der Waals surface area contributed by atoms with Crippen LogP contribution < -0.4 is 11.2 Å². The summed E-state index contributed by atoms with van der Waals surface area (Å²) in [4.78, 5) is 30.5. The summed E-state index contributed by atoms with van der Waals surface area (Å²) in [5.74, 6) is -0.526. The minimum absolute atomic E-state index is 0.152. The third-order valence-corrected chi connectivity index (χ3v) is 2.75. The number of hydrogen-bond donors (Lipinski definition) is 1. The topological polar surface area (TPSA) is 67.8 Å². The molecule has 1 aromatic carbocycles. The van der Waals surface area contributed by atoms with Gasteiger partial charge in [-0.2, -0.15) is 0 Å². The van der Waals surface area contributed by atoms with Crippen molar-refractivity contribution in [2.75, 3.05) is 0 Å². The van der Waals surface area contributed by atoms with E-state index in [9.17, 15) is 14.0 Å². The van der Waals surface area contributed by atoms with E-state index >= 15 is 0 Å². The smallest absolute Gasteiger partial charge is 0.306 e. The van der Waals surface area contributed by atoms with E-state index in [1.807, 2.05) is 0 Å². The van der Waals surface area contributed by atoms with Crippen LogP contribution in [-0.4, -0.2) is 14.5 Å². The van der Waals surface area contributed by atoms with Crippen molar-refractivity contribution in [3.63, 3.8) is 0 Å². The monoisotopic (exact) mass is 257 g/mol. The standard InChI is InChI=1S/C13H8FN3O2/c14-8-4-3-5-9-11(8)12(18)17(13(19)16-9)10-6-1-2-7-15-10/h1-7H,(H,16,19). The first-order valence-corrected chi connectivity index (χ1v) is 5.53. The molecule has 0 aliphatic heterocycles. The third kappa shape index (κ3) is 1.74. The van der Waals surface area contributed by atoms with Crippen molar-refractivity contribution in [1.82, 2.24) is 14.5 Å². The fourth-order valence-corrected chi connectivity index (χ4v) is 1.91. The molecule has 0 amide bonds. The maximum atomic E-state index is 13.7. The predicted octanol–water partition coefficient (Wildman–Crippen LogP) is 1.21. The zero-order valence-electron chi connectivity index (χ0n) is 9.63. The molecule has 0 atom stereocenters. The Balaban J connectivity index is 2.49. The number of nitrogens with zero attached hydrogens (tertiary/aromatic N) is 2. The van der Waals surface area contributed by atoms with Crippen LogP contribution in [0.1, 0.15) is 0 Å². The van der Waals surface area contributed by atoms with Crippen molar-refractivity contribution >= 4 is 10.9 Å². The van der Waals surface area contributed by atoms with Gasteiger partial charge in [-0.1, -0.05) is 12.1 Å². The lowest BCUT2D eigenvalue weighted by Gasteiger charge is -2.05. The molecule has 0 saturated carbocycles. The van der Waals surface area contributed by atoms with Crippen molar-refractivity contribution in [2.24, 2.45) is 0 Å². The number of H-pyrrole nitrogens is 1. The van der Waals surface area contributed by atoms with Crippen LogP contribution in [0.15, 0.2) is 52.2 Å². The summed E-state index contributed by atoms with van der Waals surface area (Å²) >= 11 is 0. The van der Waals surface area contributed by atoms with Crippen molar-refractivity contribution < 1.29 is 4.39 Å². The van der Waals surface area contributed by atoms with Gasteiger partial charge in [-0.3, -0.25) is 4.79 Å². The van der Waals surface area contributed by atoms with Gasteiger partial charge in [-0.15, -0.1) is 0 Å². The van der Waals surface area contributed by atoms with Gasteiger partial charge in [0.2, 0.25) is 0 Å². The van der Waals surface area contributed by atoms with Crippen LogP contribution in [-0.2, 0) is 0 Å².